The molecule has 0 atom stereocenters. The summed E-state index contributed by atoms with van der Waals surface area (Å²) in [6.07, 6.45) is -0.0729. The van der Waals surface area contributed by atoms with E-state index in [-0.39, 0.29) is 6.42 Å². The van der Waals surface area contributed by atoms with E-state index in [1.165, 1.54) is 0 Å². The number of amides is 1. The highest BCUT2D eigenvalue weighted by Crippen LogP contribution is 2.20. The first kappa shape index (κ1) is 13.9. The molecule has 3 N–H and O–H groups in total. The van der Waals surface area contributed by atoms with Gasteiger partial charge >= 0.3 is 0 Å². The summed E-state index contributed by atoms with van der Waals surface area (Å²) in [6, 6.07) is 7.49. The van der Waals surface area contributed by atoms with Gasteiger partial charge in [0.15, 0.2) is 11.6 Å². The van der Waals surface area contributed by atoms with Gasteiger partial charge in [-0.3, -0.25) is 4.79 Å². The molecule has 0 unspecified atom stereocenters. The lowest BCUT2D eigenvalue weighted by Gasteiger charge is -2.08. The minimum atomic E-state index is -1.16. The molecular weight excluding hydrogens is 269 g/mol. The molecule has 0 saturated carbocycles. The Kier molecular flexibility index (Phi) is 3.93. The predicted octanol–water partition coefficient (Wildman–Crippen LogP) is 2.87. The Morgan fingerprint density at radius 1 is 1.05 bits per heavy atom. The molecule has 0 radical (unpaired) electrons. The molecule has 0 aliphatic heterocycles. The van der Waals surface area contributed by atoms with Gasteiger partial charge in [-0.05, 0) is 17.7 Å². The van der Waals surface area contributed by atoms with E-state index < -0.39 is 29.0 Å². The summed E-state index contributed by atoms with van der Waals surface area (Å²) in [5.41, 5.74) is 6.02. The molecule has 0 aliphatic rings. The smallest absolute Gasteiger partial charge is 0.228 e. The van der Waals surface area contributed by atoms with Crippen molar-refractivity contribution in [2.45, 2.75) is 6.42 Å². The number of nitrogen functional groups attached to an aromatic ring is 1. The fourth-order valence-electron chi connectivity index (χ4n) is 1.67. The van der Waals surface area contributed by atoms with E-state index in [0.717, 1.165) is 0 Å². The van der Waals surface area contributed by atoms with Gasteiger partial charge in [0.05, 0.1) is 6.42 Å². The van der Waals surface area contributed by atoms with E-state index in [9.17, 15) is 18.0 Å². The first-order valence-corrected chi connectivity index (χ1v) is 5.74. The molecule has 0 aromatic heterocycles. The van der Waals surface area contributed by atoms with Crippen molar-refractivity contribution in [3.05, 3.63) is 59.4 Å². The van der Waals surface area contributed by atoms with Gasteiger partial charge in [0.1, 0.15) is 11.5 Å². The number of anilines is 2. The normalized spacial score (nSPS) is 10.3. The van der Waals surface area contributed by atoms with Gasteiger partial charge in [-0.1, -0.05) is 12.1 Å². The standard InChI is InChI=1S/C14H11F3N2O/c15-9-6-11(16)14(12(17)7-9)19-13(20)5-8-1-3-10(18)4-2-8/h1-4,6-7H,5,18H2,(H,19,20). The molecule has 0 saturated heterocycles. The summed E-state index contributed by atoms with van der Waals surface area (Å²) in [4.78, 5) is 11.7. The predicted molar refractivity (Wildman–Crippen MR) is 69.5 cm³/mol. The van der Waals surface area contributed by atoms with E-state index in [2.05, 4.69) is 5.32 Å². The van der Waals surface area contributed by atoms with Crippen molar-refractivity contribution in [1.29, 1.82) is 0 Å². The fourth-order valence-corrected chi connectivity index (χ4v) is 1.67. The highest BCUT2D eigenvalue weighted by atomic mass is 19.1. The van der Waals surface area contributed by atoms with Crippen LogP contribution in [0, 0.1) is 17.5 Å². The Morgan fingerprint density at radius 2 is 1.60 bits per heavy atom. The second kappa shape index (κ2) is 5.64. The molecule has 0 heterocycles. The molecule has 0 aliphatic carbocycles. The average Bonchev–Trinajstić information content (AvgIpc) is 2.36. The molecule has 2 aromatic rings. The van der Waals surface area contributed by atoms with Crippen molar-refractivity contribution >= 4 is 17.3 Å². The van der Waals surface area contributed by atoms with Crippen LogP contribution in [0.5, 0.6) is 0 Å². The van der Waals surface area contributed by atoms with Crippen LogP contribution in [-0.4, -0.2) is 5.91 Å². The van der Waals surface area contributed by atoms with E-state index in [1.54, 1.807) is 24.3 Å². The molecular formula is C14H11F3N2O. The molecule has 0 fully saturated rings. The van der Waals surface area contributed by atoms with Crippen molar-refractivity contribution in [2.75, 3.05) is 11.1 Å². The summed E-state index contributed by atoms with van der Waals surface area (Å²) in [6.45, 7) is 0. The van der Waals surface area contributed by atoms with Gasteiger partial charge in [0.25, 0.3) is 0 Å². The highest BCUT2D eigenvalue weighted by molar-refractivity contribution is 5.92. The van der Waals surface area contributed by atoms with E-state index in [0.29, 0.717) is 23.4 Å². The highest BCUT2D eigenvalue weighted by Gasteiger charge is 2.14. The quantitative estimate of drug-likeness (QED) is 0.849. The Balaban J connectivity index is 2.10. The van der Waals surface area contributed by atoms with Gasteiger partial charge in [0.2, 0.25) is 5.91 Å². The zero-order valence-electron chi connectivity index (χ0n) is 10.3. The number of rotatable bonds is 3. The molecule has 1 amide bonds. The van der Waals surface area contributed by atoms with Crippen LogP contribution < -0.4 is 11.1 Å². The van der Waals surface area contributed by atoms with Crippen molar-refractivity contribution < 1.29 is 18.0 Å². The molecule has 0 bridgehead atoms. The SMILES string of the molecule is Nc1ccc(CC(=O)Nc2c(F)cc(F)cc2F)cc1. The lowest BCUT2D eigenvalue weighted by Crippen LogP contribution is -2.16. The van der Waals surface area contributed by atoms with Crippen LogP contribution in [0.25, 0.3) is 0 Å². The maximum atomic E-state index is 13.4. The third-order valence-corrected chi connectivity index (χ3v) is 2.62. The largest absolute Gasteiger partial charge is 0.399 e. The summed E-state index contributed by atoms with van der Waals surface area (Å²) in [5, 5.41) is 2.08. The van der Waals surface area contributed by atoms with E-state index in [4.69, 9.17) is 5.73 Å². The first-order valence-electron chi connectivity index (χ1n) is 5.74. The minimum absolute atomic E-state index is 0.0729. The number of nitrogens with two attached hydrogens (primary N) is 1. The number of nitrogens with one attached hydrogen (secondary N) is 1. The molecule has 6 heteroatoms. The number of benzene rings is 2. The van der Waals surface area contributed by atoms with Crippen molar-refractivity contribution in [1.82, 2.24) is 0 Å². The van der Waals surface area contributed by atoms with Crippen LogP contribution in [0.3, 0.4) is 0 Å². The van der Waals surface area contributed by atoms with Gasteiger partial charge in [-0.25, -0.2) is 13.2 Å². The summed E-state index contributed by atoms with van der Waals surface area (Å²) in [5.74, 6) is -3.97. The topological polar surface area (TPSA) is 55.1 Å². The van der Waals surface area contributed by atoms with Gasteiger partial charge in [-0.2, -0.15) is 0 Å². The Hall–Kier alpha value is -2.50. The first-order chi connectivity index (χ1) is 9.45. The average molecular weight is 280 g/mol. The van der Waals surface area contributed by atoms with Crippen LogP contribution in [0.1, 0.15) is 5.56 Å². The second-order valence-corrected chi connectivity index (χ2v) is 4.21. The van der Waals surface area contributed by atoms with Crippen molar-refractivity contribution in [3.8, 4) is 0 Å². The van der Waals surface area contributed by atoms with Gasteiger partial charge in [-0.15, -0.1) is 0 Å². The number of hydrogen-bond donors (Lipinski definition) is 2. The Bertz CT molecular complexity index is 618. The fraction of sp³-hybridized carbons (Fsp3) is 0.0714. The molecule has 2 aromatic carbocycles. The molecule has 0 spiro atoms. The third-order valence-electron chi connectivity index (χ3n) is 2.62. The van der Waals surface area contributed by atoms with Gasteiger partial charge < -0.3 is 11.1 Å². The van der Waals surface area contributed by atoms with Crippen LogP contribution in [0.2, 0.25) is 0 Å². The number of halogens is 3. The molecule has 2 rings (SSSR count). The van der Waals surface area contributed by atoms with E-state index >= 15 is 0 Å². The van der Waals surface area contributed by atoms with Crippen LogP contribution >= 0.6 is 0 Å². The van der Waals surface area contributed by atoms with E-state index in [1.807, 2.05) is 0 Å². The summed E-state index contributed by atoms with van der Waals surface area (Å²) in [7, 11) is 0. The Morgan fingerprint density at radius 3 is 2.15 bits per heavy atom. The zero-order chi connectivity index (χ0) is 14.7. The second-order valence-electron chi connectivity index (χ2n) is 4.21. The molecule has 104 valence electrons. The summed E-state index contributed by atoms with van der Waals surface area (Å²) < 4.78 is 39.4. The van der Waals surface area contributed by atoms with Gasteiger partial charge in [0, 0.05) is 17.8 Å². The molecule has 3 nitrogen and oxygen atoms in total. The van der Waals surface area contributed by atoms with Crippen LogP contribution in [-0.2, 0) is 11.2 Å². The summed E-state index contributed by atoms with van der Waals surface area (Å²) >= 11 is 0. The monoisotopic (exact) mass is 280 g/mol. The number of carbonyl (C=O) groups is 1. The van der Waals surface area contributed by atoms with Crippen molar-refractivity contribution in [2.24, 2.45) is 0 Å². The Labute approximate surface area is 113 Å². The lowest BCUT2D eigenvalue weighted by molar-refractivity contribution is -0.115. The van der Waals surface area contributed by atoms with Crippen LogP contribution in [0.4, 0.5) is 24.5 Å². The maximum Gasteiger partial charge on any atom is 0.228 e. The minimum Gasteiger partial charge on any atom is -0.399 e. The lowest BCUT2D eigenvalue weighted by atomic mass is 10.1. The maximum absolute atomic E-state index is 13.4. The van der Waals surface area contributed by atoms with Crippen molar-refractivity contribution in [3.63, 3.8) is 0 Å². The third kappa shape index (κ3) is 3.28. The van der Waals surface area contributed by atoms with Crippen LogP contribution in [0.15, 0.2) is 36.4 Å². The zero-order valence-corrected chi connectivity index (χ0v) is 10.3. The number of carbonyl (C=O) groups excluding carboxylic acids is 1. The number of hydrogen-bond acceptors (Lipinski definition) is 2. The molecule has 20 heavy (non-hydrogen) atoms.